The van der Waals surface area contributed by atoms with E-state index in [9.17, 15) is 9.18 Å². The van der Waals surface area contributed by atoms with Gasteiger partial charge >= 0.3 is 0 Å². The van der Waals surface area contributed by atoms with Crippen LogP contribution in [-0.4, -0.2) is 52.8 Å². The molecule has 0 unspecified atom stereocenters. The first-order chi connectivity index (χ1) is 12.1. The van der Waals surface area contributed by atoms with Gasteiger partial charge in [-0.1, -0.05) is 0 Å². The molecule has 1 aromatic heterocycles. The monoisotopic (exact) mass is 345 g/mol. The summed E-state index contributed by atoms with van der Waals surface area (Å²) < 4.78 is 14.8. The van der Waals surface area contributed by atoms with Gasteiger partial charge in [0.2, 0.25) is 5.91 Å². The standard InChI is InChI=1S/C18H24FN5O/c1-3-24-13-16(12-20-24)21-14(2)18(25)23-10-8-22(9-11-23)17-6-4-15(19)5-7-17/h4-7,12-14,21H,3,8-11H2,1-2H3/t14-/m1/s1. The SMILES string of the molecule is CCn1cc(N[C@H](C)C(=O)N2CCN(c3ccc(F)cc3)CC2)cn1. The molecule has 1 aliphatic rings. The van der Waals surface area contributed by atoms with Crippen molar-refractivity contribution in [3.63, 3.8) is 0 Å². The van der Waals surface area contributed by atoms with E-state index in [1.165, 1.54) is 12.1 Å². The van der Waals surface area contributed by atoms with Crippen LogP contribution in [0.2, 0.25) is 0 Å². The van der Waals surface area contributed by atoms with Crippen LogP contribution in [0.3, 0.4) is 0 Å². The summed E-state index contributed by atoms with van der Waals surface area (Å²) in [7, 11) is 0. The Morgan fingerprint density at radius 3 is 2.52 bits per heavy atom. The lowest BCUT2D eigenvalue weighted by atomic mass is 10.2. The number of piperazine rings is 1. The lowest BCUT2D eigenvalue weighted by Crippen LogP contribution is -2.52. The van der Waals surface area contributed by atoms with Crippen LogP contribution in [0.1, 0.15) is 13.8 Å². The first-order valence-corrected chi connectivity index (χ1v) is 8.65. The molecule has 0 bridgehead atoms. The molecule has 134 valence electrons. The fourth-order valence-corrected chi connectivity index (χ4v) is 3.03. The Morgan fingerprint density at radius 2 is 1.92 bits per heavy atom. The maximum Gasteiger partial charge on any atom is 0.244 e. The molecule has 1 aromatic carbocycles. The minimum Gasteiger partial charge on any atom is -0.371 e. The molecule has 0 saturated carbocycles. The highest BCUT2D eigenvalue weighted by Gasteiger charge is 2.25. The first-order valence-electron chi connectivity index (χ1n) is 8.65. The number of nitrogens with zero attached hydrogens (tertiary/aromatic N) is 4. The van der Waals surface area contributed by atoms with Crippen LogP contribution in [0.4, 0.5) is 15.8 Å². The summed E-state index contributed by atoms with van der Waals surface area (Å²) in [5.74, 6) is -0.146. The van der Waals surface area contributed by atoms with Gasteiger partial charge < -0.3 is 15.1 Å². The Balaban J connectivity index is 1.52. The molecular formula is C18H24FN5O. The predicted molar refractivity (Wildman–Crippen MR) is 96.2 cm³/mol. The fraction of sp³-hybridized carbons (Fsp3) is 0.444. The van der Waals surface area contributed by atoms with Crippen LogP contribution in [0.15, 0.2) is 36.7 Å². The highest BCUT2D eigenvalue weighted by Crippen LogP contribution is 2.17. The van der Waals surface area contributed by atoms with Crippen molar-refractivity contribution in [2.45, 2.75) is 26.4 Å². The van der Waals surface area contributed by atoms with Gasteiger partial charge in [-0.05, 0) is 38.1 Å². The molecule has 1 saturated heterocycles. The highest BCUT2D eigenvalue weighted by molar-refractivity contribution is 5.84. The van der Waals surface area contributed by atoms with E-state index in [2.05, 4.69) is 15.3 Å². The van der Waals surface area contributed by atoms with Crippen molar-refractivity contribution >= 4 is 17.3 Å². The number of benzene rings is 1. The number of aromatic nitrogens is 2. The number of carbonyl (C=O) groups excluding carboxylic acids is 1. The molecule has 6 nitrogen and oxygen atoms in total. The number of halogens is 1. The van der Waals surface area contributed by atoms with Crippen LogP contribution in [0.5, 0.6) is 0 Å². The van der Waals surface area contributed by atoms with Gasteiger partial charge in [0.15, 0.2) is 0 Å². The smallest absolute Gasteiger partial charge is 0.244 e. The normalized spacial score (nSPS) is 16.0. The minimum atomic E-state index is -0.299. The number of hydrogen-bond acceptors (Lipinski definition) is 4. The maximum absolute atomic E-state index is 13.0. The zero-order chi connectivity index (χ0) is 17.8. The van der Waals surface area contributed by atoms with Crippen molar-refractivity contribution < 1.29 is 9.18 Å². The molecule has 1 atom stereocenters. The number of nitrogens with one attached hydrogen (secondary N) is 1. The summed E-state index contributed by atoms with van der Waals surface area (Å²) >= 11 is 0. The molecule has 1 amide bonds. The average Bonchev–Trinajstić information content (AvgIpc) is 3.09. The van der Waals surface area contributed by atoms with Crippen LogP contribution in [0, 0.1) is 5.82 Å². The third kappa shape index (κ3) is 4.10. The Bertz CT molecular complexity index is 707. The van der Waals surface area contributed by atoms with E-state index in [-0.39, 0.29) is 17.8 Å². The highest BCUT2D eigenvalue weighted by atomic mass is 19.1. The molecule has 1 fully saturated rings. The molecule has 1 N–H and O–H groups in total. The molecule has 0 radical (unpaired) electrons. The minimum absolute atomic E-state index is 0.0861. The summed E-state index contributed by atoms with van der Waals surface area (Å²) in [5.41, 5.74) is 1.85. The van der Waals surface area contributed by atoms with Gasteiger partial charge in [0.25, 0.3) is 0 Å². The molecule has 3 rings (SSSR count). The van der Waals surface area contributed by atoms with Gasteiger partial charge in [-0.15, -0.1) is 0 Å². The second-order valence-electron chi connectivity index (χ2n) is 6.24. The van der Waals surface area contributed by atoms with Gasteiger partial charge in [0.05, 0.1) is 11.9 Å². The first kappa shape index (κ1) is 17.3. The summed E-state index contributed by atoms with van der Waals surface area (Å²) in [6.45, 7) is 7.52. The second kappa shape index (κ2) is 7.55. The summed E-state index contributed by atoms with van der Waals surface area (Å²) in [5, 5.41) is 7.42. The van der Waals surface area contributed by atoms with Crippen molar-refractivity contribution in [3.8, 4) is 0 Å². The molecule has 2 heterocycles. The molecule has 0 aliphatic carbocycles. The van der Waals surface area contributed by atoms with E-state index in [0.29, 0.717) is 13.1 Å². The van der Waals surface area contributed by atoms with Crippen molar-refractivity contribution in [1.82, 2.24) is 14.7 Å². The molecule has 25 heavy (non-hydrogen) atoms. The number of anilines is 2. The number of amides is 1. The summed E-state index contributed by atoms with van der Waals surface area (Å²) in [6, 6.07) is 6.20. The Labute approximate surface area is 147 Å². The van der Waals surface area contributed by atoms with Crippen molar-refractivity contribution in [2.75, 3.05) is 36.4 Å². The maximum atomic E-state index is 13.0. The van der Waals surface area contributed by atoms with Crippen LogP contribution < -0.4 is 10.2 Å². The molecule has 2 aromatic rings. The average molecular weight is 345 g/mol. The van der Waals surface area contributed by atoms with E-state index < -0.39 is 0 Å². The van der Waals surface area contributed by atoms with Gasteiger partial charge in [-0.25, -0.2) is 4.39 Å². The quantitative estimate of drug-likeness (QED) is 0.903. The largest absolute Gasteiger partial charge is 0.371 e. The van der Waals surface area contributed by atoms with Crippen molar-refractivity contribution in [3.05, 3.63) is 42.5 Å². The number of rotatable bonds is 5. The summed E-state index contributed by atoms with van der Waals surface area (Å²) in [4.78, 5) is 16.7. The van der Waals surface area contributed by atoms with E-state index in [4.69, 9.17) is 0 Å². The Hall–Kier alpha value is -2.57. The van der Waals surface area contributed by atoms with Gasteiger partial charge in [0, 0.05) is 44.6 Å². The van der Waals surface area contributed by atoms with Crippen LogP contribution >= 0.6 is 0 Å². The van der Waals surface area contributed by atoms with Gasteiger partial charge in [-0.2, -0.15) is 5.10 Å². The second-order valence-corrected chi connectivity index (χ2v) is 6.24. The topological polar surface area (TPSA) is 53.4 Å². The van der Waals surface area contributed by atoms with Gasteiger partial charge in [0.1, 0.15) is 11.9 Å². The lowest BCUT2D eigenvalue weighted by Gasteiger charge is -2.37. The number of aryl methyl sites for hydroxylation is 1. The lowest BCUT2D eigenvalue weighted by molar-refractivity contribution is -0.131. The van der Waals surface area contributed by atoms with E-state index in [0.717, 1.165) is 31.0 Å². The Kier molecular flexibility index (Phi) is 5.21. The third-order valence-electron chi connectivity index (χ3n) is 4.49. The molecule has 0 spiro atoms. The van der Waals surface area contributed by atoms with Crippen molar-refractivity contribution in [2.24, 2.45) is 0 Å². The van der Waals surface area contributed by atoms with Gasteiger partial charge in [-0.3, -0.25) is 9.48 Å². The molecule has 1 aliphatic heterocycles. The fourth-order valence-electron chi connectivity index (χ4n) is 3.03. The number of hydrogen-bond donors (Lipinski definition) is 1. The van der Waals surface area contributed by atoms with E-state index in [1.54, 1.807) is 18.3 Å². The number of carbonyl (C=O) groups is 1. The van der Waals surface area contributed by atoms with E-state index in [1.807, 2.05) is 29.6 Å². The zero-order valence-corrected chi connectivity index (χ0v) is 14.7. The van der Waals surface area contributed by atoms with Crippen LogP contribution in [-0.2, 0) is 11.3 Å². The zero-order valence-electron chi connectivity index (χ0n) is 14.7. The Morgan fingerprint density at radius 1 is 1.24 bits per heavy atom. The molecule has 7 heteroatoms. The summed E-state index contributed by atoms with van der Waals surface area (Å²) in [6.07, 6.45) is 3.63. The van der Waals surface area contributed by atoms with E-state index >= 15 is 0 Å². The van der Waals surface area contributed by atoms with Crippen LogP contribution in [0.25, 0.3) is 0 Å². The third-order valence-corrected chi connectivity index (χ3v) is 4.49. The molecular weight excluding hydrogens is 321 g/mol. The van der Waals surface area contributed by atoms with Crippen molar-refractivity contribution in [1.29, 1.82) is 0 Å². The predicted octanol–water partition coefficient (Wildman–Crippen LogP) is 2.19.